The number of ether oxygens (including phenoxy) is 3. The molecule has 2 aromatic carbocycles. The van der Waals surface area contributed by atoms with E-state index in [1.807, 2.05) is 30.3 Å². The Morgan fingerprint density at radius 3 is 2.50 bits per heavy atom. The van der Waals surface area contributed by atoms with Crippen LogP contribution in [0.25, 0.3) is 0 Å². The molecule has 0 unspecified atom stereocenters. The zero-order valence-electron chi connectivity index (χ0n) is 14.8. The van der Waals surface area contributed by atoms with Gasteiger partial charge in [-0.25, -0.2) is 4.79 Å². The van der Waals surface area contributed by atoms with E-state index in [0.717, 1.165) is 22.6 Å². The Hall–Kier alpha value is -3.28. The Morgan fingerprint density at radius 1 is 1.19 bits per heavy atom. The third kappa shape index (κ3) is 5.11. The van der Waals surface area contributed by atoms with Crippen LogP contribution in [0.5, 0.6) is 17.2 Å². The number of carboxylic acid groups (broad SMARTS) is 1. The van der Waals surface area contributed by atoms with E-state index in [-0.39, 0.29) is 0 Å². The molecule has 0 amide bonds. The zero-order chi connectivity index (χ0) is 18.9. The molecule has 2 aromatic rings. The molecular weight excluding hydrogens is 334 g/mol. The summed E-state index contributed by atoms with van der Waals surface area (Å²) in [5.74, 6) is 0.554. The van der Waals surface area contributed by atoms with Crippen molar-refractivity contribution in [3.63, 3.8) is 0 Å². The fraction of sp³-hybridized carbons (Fsp3) is 0.200. The number of carbonyl (C=O) groups is 1. The first-order valence-electron chi connectivity index (χ1n) is 7.92. The highest BCUT2D eigenvalue weighted by Gasteiger charge is 2.13. The molecular formula is C20H21NO5. The summed E-state index contributed by atoms with van der Waals surface area (Å²) in [6.07, 6.45) is 3.93. The molecule has 0 saturated carbocycles. The fourth-order valence-corrected chi connectivity index (χ4v) is 2.33. The van der Waals surface area contributed by atoms with Crippen LogP contribution in [0.2, 0.25) is 0 Å². The number of carboxylic acids is 1. The predicted molar refractivity (Wildman–Crippen MR) is 100 cm³/mol. The third-order valence-electron chi connectivity index (χ3n) is 3.51. The molecule has 0 aliphatic carbocycles. The summed E-state index contributed by atoms with van der Waals surface area (Å²) in [7, 11) is 3.12. The number of allylic oxidation sites excluding steroid dienone is 1. The largest absolute Gasteiger partial charge is 0.497 e. The Labute approximate surface area is 152 Å². The summed E-state index contributed by atoms with van der Waals surface area (Å²) in [6, 6.07) is 11.0. The summed E-state index contributed by atoms with van der Waals surface area (Å²) in [5, 5.41) is 8.85. The number of aliphatic carboxylic acids is 1. The molecule has 2 rings (SSSR count). The second-order valence-corrected chi connectivity index (χ2v) is 5.34. The van der Waals surface area contributed by atoms with Gasteiger partial charge in [0.1, 0.15) is 5.75 Å². The van der Waals surface area contributed by atoms with Gasteiger partial charge in [-0.05, 0) is 48.4 Å². The second kappa shape index (κ2) is 9.27. The molecule has 0 heterocycles. The first-order chi connectivity index (χ1) is 12.6. The summed E-state index contributed by atoms with van der Waals surface area (Å²) < 4.78 is 15.9. The minimum Gasteiger partial charge on any atom is -0.497 e. The molecule has 6 heteroatoms. The quantitative estimate of drug-likeness (QED) is 0.549. The van der Waals surface area contributed by atoms with E-state index in [0.29, 0.717) is 17.9 Å². The molecule has 0 bridgehead atoms. The molecule has 1 N–H and O–H groups in total. The van der Waals surface area contributed by atoms with Crippen molar-refractivity contribution < 1.29 is 24.1 Å². The Morgan fingerprint density at radius 2 is 1.92 bits per heavy atom. The standard InChI is InChI=1S/C20H21NO5/c1-4-5-15-10-14(11-18(25-3)20(15)26-13-19(22)23)12-21-16-6-8-17(24-2)9-7-16/h4,6-12H,1,5,13H2,2-3H3,(H,22,23). The van der Waals surface area contributed by atoms with E-state index >= 15 is 0 Å². The number of nitrogens with zero attached hydrogens (tertiary/aromatic N) is 1. The highest BCUT2D eigenvalue weighted by molar-refractivity contribution is 5.84. The second-order valence-electron chi connectivity index (χ2n) is 5.34. The van der Waals surface area contributed by atoms with Crippen molar-refractivity contribution >= 4 is 17.9 Å². The lowest BCUT2D eigenvalue weighted by Gasteiger charge is -2.14. The van der Waals surface area contributed by atoms with E-state index < -0.39 is 12.6 Å². The maximum absolute atomic E-state index is 10.8. The van der Waals surface area contributed by atoms with Gasteiger partial charge in [0.15, 0.2) is 18.1 Å². The molecule has 0 saturated heterocycles. The van der Waals surface area contributed by atoms with Gasteiger partial charge in [-0.1, -0.05) is 6.08 Å². The molecule has 0 spiro atoms. The Bertz CT molecular complexity index is 797. The van der Waals surface area contributed by atoms with Crippen LogP contribution in [0.4, 0.5) is 5.69 Å². The SMILES string of the molecule is C=CCc1cc(C=Nc2ccc(OC)cc2)cc(OC)c1OCC(=O)O. The van der Waals surface area contributed by atoms with Gasteiger partial charge in [0.25, 0.3) is 0 Å². The molecule has 0 fully saturated rings. The highest BCUT2D eigenvalue weighted by Crippen LogP contribution is 2.33. The number of hydrogen-bond donors (Lipinski definition) is 1. The van der Waals surface area contributed by atoms with E-state index in [2.05, 4.69) is 11.6 Å². The van der Waals surface area contributed by atoms with Crippen LogP contribution in [0, 0.1) is 0 Å². The van der Waals surface area contributed by atoms with Crippen LogP contribution in [-0.4, -0.2) is 38.1 Å². The molecule has 136 valence electrons. The summed E-state index contributed by atoms with van der Waals surface area (Å²) >= 11 is 0. The van der Waals surface area contributed by atoms with Gasteiger partial charge in [-0.15, -0.1) is 6.58 Å². The maximum Gasteiger partial charge on any atom is 0.341 e. The molecule has 0 aromatic heterocycles. The predicted octanol–water partition coefficient (Wildman–Crippen LogP) is 3.65. The summed E-state index contributed by atoms with van der Waals surface area (Å²) in [6.45, 7) is 3.28. The van der Waals surface area contributed by atoms with E-state index in [1.165, 1.54) is 7.11 Å². The van der Waals surface area contributed by atoms with Crippen LogP contribution < -0.4 is 14.2 Å². The highest BCUT2D eigenvalue weighted by atomic mass is 16.5. The Balaban J connectivity index is 2.32. The zero-order valence-corrected chi connectivity index (χ0v) is 14.8. The minimum absolute atomic E-state index is 0.399. The van der Waals surface area contributed by atoms with Gasteiger partial charge in [0, 0.05) is 11.8 Å². The van der Waals surface area contributed by atoms with E-state index in [9.17, 15) is 4.79 Å². The van der Waals surface area contributed by atoms with Crippen molar-refractivity contribution in [2.75, 3.05) is 20.8 Å². The van der Waals surface area contributed by atoms with Crippen molar-refractivity contribution in [3.8, 4) is 17.2 Å². The molecule has 0 aliphatic heterocycles. The monoisotopic (exact) mass is 355 g/mol. The first kappa shape index (κ1) is 19.1. The number of methoxy groups -OCH3 is 2. The van der Waals surface area contributed by atoms with Gasteiger partial charge in [-0.3, -0.25) is 4.99 Å². The first-order valence-corrected chi connectivity index (χ1v) is 7.92. The van der Waals surface area contributed by atoms with E-state index in [4.69, 9.17) is 19.3 Å². The van der Waals surface area contributed by atoms with Crippen LogP contribution in [0.1, 0.15) is 11.1 Å². The molecule has 0 aliphatic rings. The molecule has 0 atom stereocenters. The third-order valence-corrected chi connectivity index (χ3v) is 3.51. The minimum atomic E-state index is -1.05. The number of benzene rings is 2. The van der Waals surface area contributed by atoms with Crippen molar-refractivity contribution in [3.05, 3.63) is 60.2 Å². The molecule has 26 heavy (non-hydrogen) atoms. The van der Waals surface area contributed by atoms with Crippen molar-refractivity contribution in [1.82, 2.24) is 0 Å². The lowest BCUT2D eigenvalue weighted by Crippen LogP contribution is -2.11. The van der Waals surface area contributed by atoms with Crippen molar-refractivity contribution in [2.45, 2.75) is 6.42 Å². The lowest BCUT2D eigenvalue weighted by molar-refractivity contribution is -0.139. The topological polar surface area (TPSA) is 77.3 Å². The van der Waals surface area contributed by atoms with Gasteiger partial charge in [-0.2, -0.15) is 0 Å². The van der Waals surface area contributed by atoms with Gasteiger partial charge in [0.05, 0.1) is 19.9 Å². The van der Waals surface area contributed by atoms with Crippen molar-refractivity contribution in [2.24, 2.45) is 4.99 Å². The molecule has 6 nitrogen and oxygen atoms in total. The maximum atomic E-state index is 10.8. The Kier molecular flexibility index (Phi) is 6.79. The van der Waals surface area contributed by atoms with Gasteiger partial charge < -0.3 is 19.3 Å². The average Bonchev–Trinajstić information content (AvgIpc) is 2.65. The summed E-state index contributed by atoms with van der Waals surface area (Å²) in [5.41, 5.74) is 2.36. The lowest BCUT2D eigenvalue weighted by atomic mass is 10.1. The normalized spacial score (nSPS) is 10.5. The average molecular weight is 355 g/mol. The van der Waals surface area contributed by atoms with Gasteiger partial charge in [0.2, 0.25) is 0 Å². The fourth-order valence-electron chi connectivity index (χ4n) is 2.33. The summed E-state index contributed by atoms with van der Waals surface area (Å²) in [4.78, 5) is 15.2. The number of rotatable bonds is 9. The van der Waals surface area contributed by atoms with Gasteiger partial charge >= 0.3 is 5.97 Å². The molecule has 0 radical (unpaired) electrons. The smallest absolute Gasteiger partial charge is 0.341 e. The number of hydrogen-bond acceptors (Lipinski definition) is 5. The van der Waals surface area contributed by atoms with Crippen LogP contribution in [0.3, 0.4) is 0 Å². The van der Waals surface area contributed by atoms with Crippen molar-refractivity contribution in [1.29, 1.82) is 0 Å². The number of aliphatic imine (C=N–C) groups is 1. The van der Waals surface area contributed by atoms with Crippen LogP contribution in [-0.2, 0) is 11.2 Å². The van der Waals surface area contributed by atoms with Crippen LogP contribution in [0.15, 0.2) is 54.0 Å². The van der Waals surface area contributed by atoms with Crippen LogP contribution >= 0.6 is 0 Å². The van der Waals surface area contributed by atoms with E-state index in [1.54, 1.807) is 25.5 Å².